The van der Waals surface area contributed by atoms with Gasteiger partial charge < -0.3 is 5.32 Å². The molecular weight excluding hydrogens is 340 g/mol. The van der Waals surface area contributed by atoms with Crippen LogP contribution in [0.3, 0.4) is 0 Å². The molecule has 0 spiro atoms. The molecule has 0 saturated carbocycles. The minimum atomic E-state index is -3.36. The van der Waals surface area contributed by atoms with Gasteiger partial charge in [-0.2, -0.15) is 4.31 Å². The van der Waals surface area contributed by atoms with E-state index >= 15 is 0 Å². The molecule has 0 unspecified atom stereocenters. The molecule has 1 aromatic rings. The van der Waals surface area contributed by atoms with Crippen LogP contribution in [-0.4, -0.2) is 32.4 Å². The predicted molar refractivity (Wildman–Crippen MR) is 84.1 cm³/mol. The smallest absolute Gasteiger partial charge is 0.244 e. The Morgan fingerprint density at radius 2 is 2.00 bits per heavy atom. The van der Waals surface area contributed by atoms with Crippen LogP contribution in [0.1, 0.15) is 31.7 Å². The third-order valence-electron chi connectivity index (χ3n) is 3.43. The van der Waals surface area contributed by atoms with E-state index in [1.807, 2.05) is 12.1 Å². The number of rotatable bonds is 6. The highest BCUT2D eigenvalue weighted by atomic mass is 79.9. The molecule has 0 aromatic heterocycles. The Morgan fingerprint density at radius 3 is 2.65 bits per heavy atom. The van der Waals surface area contributed by atoms with E-state index in [-0.39, 0.29) is 0 Å². The average Bonchev–Trinajstić information content (AvgIpc) is 2.95. The Hall–Kier alpha value is -0.430. The van der Waals surface area contributed by atoms with Crippen LogP contribution < -0.4 is 5.32 Å². The molecule has 1 aromatic carbocycles. The second-order valence-electron chi connectivity index (χ2n) is 5.05. The van der Waals surface area contributed by atoms with Gasteiger partial charge in [0.1, 0.15) is 0 Å². The van der Waals surface area contributed by atoms with Gasteiger partial charge in [-0.1, -0.05) is 13.0 Å². The number of hydrogen-bond donors (Lipinski definition) is 1. The second kappa shape index (κ2) is 7.02. The van der Waals surface area contributed by atoms with Crippen LogP contribution in [0.25, 0.3) is 0 Å². The highest BCUT2D eigenvalue weighted by Gasteiger charge is 2.28. The Balaban J connectivity index is 2.23. The number of sulfonamides is 1. The maximum Gasteiger partial charge on any atom is 0.244 e. The number of hydrogen-bond acceptors (Lipinski definition) is 3. The van der Waals surface area contributed by atoms with E-state index in [1.54, 1.807) is 10.4 Å². The highest BCUT2D eigenvalue weighted by molar-refractivity contribution is 9.10. The number of benzene rings is 1. The van der Waals surface area contributed by atoms with Crippen molar-refractivity contribution >= 4 is 26.0 Å². The molecule has 1 heterocycles. The van der Waals surface area contributed by atoms with Gasteiger partial charge in [-0.25, -0.2) is 8.42 Å². The zero-order valence-electron chi connectivity index (χ0n) is 11.7. The third-order valence-corrected chi connectivity index (χ3v) is 6.33. The lowest BCUT2D eigenvalue weighted by Crippen LogP contribution is -2.28. The van der Waals surface area contributed by atoms with Crippen molar-refractivity contribution in [2.24, 2.45) is 0 Å². The monoisotopic (exact) mass is 360 g/mol. The number of halogens is 1. The summed E-state index contributed by atoms with van der Waals surface area (Å²) in [5, 5.41) is 3.30. The molecule has 1 aliphatic rings. The Bertz CT molecular complexity index is 554. The molecule has 0 amide bonds. The summed E-state index contributed by atoms with van der Waals surface area (Å²) in [5.41, 5.74) is 0.999. The van der Waals surface area contributed by atoms with Crippen LogP contribution in [-0.2, 0) is 16.6 Å². The molecule has 0 bridgehead atoms. The van der Waals surface area contributed by atoms with E-state index in [1.165, 1.54) is 0 Å². The normalized spacial score (nSPS) is 16.7. The highest BCUT2D eigenvalue weighted by Crippen LogP contribution is 2.28. The summed E-state index contributed by atoms with van der Waals surface area (Å²) >= 11 is 3.37. The van der Waals surface area contributed by atoms with Gasteiger partial charge >= 0.3 is 0 Å². The zero-order valence-corrected chi connectivity index (χ0v) is 14.1. The lowest BCUT2D eigenvalue weighted by molar-refractivity contribution is 0.477. The van der Waals surface area contributed by atoms with Gasteiger partial charge in [0, 0.05) is 24.1 Å². The summed E-state index contributed by atoms with van der Waals surface area (Å²) in [6, 6.07) is 5.56. The summed E-state index contributed by atoms with van der Waals surface area (Å²) in [5.74, 6) is 0. The van der Waals surface area contributed by atoms with Gasteiger partial charge in [0.05, 0.1) is 4.90 Å². The Labute approximate surface area is 129 Å². The van der Waals surface area contributed by atoms with Crippen LogP contribution in [0.5, 0.6) is 0 Å². The molecule has 2 rings (SSSR count). The fraction of sp³-hybridized carbons (Fsp3) is 0.571. The first kappa shape index (κ1) is 15.9. The predicted octanol–water partition coefficient (Wildman–Crippen LogP) is 2.73. The van der Waals surface area contributed by atoms with Crippen LogP contribution in [0, 0.1) is 0 Å². The van der Waals surface area contributed by atoms with Crippen LogP contribution >= 0.6 is 15.9 Å². The molecule has 112 valence electrons. The molecule has 1 saturated heterocycles. The maximum atomic E-state index is 12.6. The van der Waals surface area contributed by atoms with Crippen molar-refractivity contribution in [3.63, 3.8) is 0 Å². The van der Waals surface area contributed by atoms with Crippen molar-refractivity contribution in [2.45, 2.75) is 37.6 Å². The van der Waals surface area contributed by atoms with Gasteiger partial charge in [0.25, 0.3) is 0 Å². The largest absolute Gasteiger partial charge is 0.313 e. The summed E-state index contributed by atoms with van der Waals surface area (Å²) in [6.45, 7) is 5.01. The molecule has 4 nitrogen and oxygen atoms in total. The first-order valence-corrected chi connectivity index (χ1v) is 9.28. The Morgan fingerprint density at radius 1 is 1.30 bits per heavy atom. The van der Waals surface area contributed by atoms with Crippen molar-refractivity contribution < 1.29 is 8.42 Å². The van der Waals surface area contributed by atoms with Crippen molar-refractivity contribution in [3.8, 4) is 0 Å². The van der Waals surface area contributed by atoms with Gasteiger partial charge in [-0.15, -0.1) is 0 Å². The van der Waals surface area contributed by atoms with Crippen molar-refractivity contribution in [2.75, 3.05) is 19.6 Å². The first-order chi connectivity index (χ1) is 9.55. The SMILES string of the molecule is CCCNCc1ccc(Br)c(S(=O)(=O)N2CCCC2)c1. The summed E-state index contributed by atoms with van der Waals surface area (Å²) in [7, 11) is -3.36. The fourth-order valence-electron chi connectivity index (χ4n) is 2.33. The quantitative estimate of drug-likeness (QED) is 0.793. The molecule has 0 atom stereocenters. The summed E-state index contributed by atoms with van der Waals surface area (Å²) in [6.07, 6.45) is 2.97. The molecule has 1 fully saturated rings. The molecule has 20 heavy (non-hydrogen) atoms. The van der Waals surface area contributed by atoms with E-state index in [9.17, 15) is 8.42 Å². The topological polar surface area (TPSA) is 49.4 Å². The number of nitrogens with one attached hydrogen (secondary N) is 1. The van der Waals surface area contributed by atoms with E-state index in [0.717, 1.165) is 31.4 Å². The Kier molecular flexibility index (Phi) is 5.60. The van der Waals surface area contributed by atoms with Gasteiger partial charge in [-0.05, 0) is 59.4 Å². The third kappa shape index (κ3) is 3.61. The molecule has 1 aliphatic heterocycles. The van der Waals surface area contributed by atoms with Crippen molar-refractivity contribution in [1.82, 2.24) is 9.62 Å². The molecule has 0 radical (unpaired) electrons. The van der Waals surface area contributed by atoms with E-state index < -0.39 is 10.0 Å². The van der Waals surface area contributed by atoms with E-state index in [0.29, 0.717) is 29.0 Å². The molecule has 1 N–H and O–H groups in total. The van der Waals surface area contributed by atoms with Crippen LogP contribution in [0.4, 0.5) is 0 Å². The second-order valence-corrected chi connectivity index (χ2v) is 7.81. The maximum absolute atomic E-state index is 12.6. The van der Waals surface area contributed by atoms with Gasteiger partial charge in [0.2, 0.25) is 10.0 Å². The zero-order chi connectivity index (χ0) is 14.6. The minimum absolute atomic E-state index is 0.384. The standard InChI is InChI=1S/C14H21BrN2O2S/c1-2-7-16-11-12-5-6-13(15)14(10-12)20(18,19)17-8-3-4-9-17/h5-6,10,16H,2-4,7-9,11H2,1H3. The van der Waals surface area contributed by atoms with E-state index in [2.05, 4.69) is 28.2 Å². The van der Waals surface area contributed by atoms with Crippen molar-refractivity contribution in [1.29, 1.82) is 0 Å². The fourth-order valence-corrected chi connectivity index (χ4v) is 4.82. The average molecular weight is 361 g/mol. The lowest BCUT2D eigenvalue weighted by Gasteiger charge is -2.17. The summed E-state index contributed by atoms with van der Waals surface area (Å²) in [4.78, 5) is 0.384. The molecule has 6 heteroatoms. The van der Waals surface area contributed by atoms with E-state index in [4.69, 9.17) is 0 Å². The van der Waals surface area contributed by atoms with Crippen LogP contribution in [0.15, 0.2) is 27.6 Å². The lowest BCUT2D eigenvalue weighted by atomic mass is 10.2. The van der Waals surface area contributed by atoms with Gasteiger partial charge in [0.15, 0.2) is 0 Å². The molecular formula is C14H21BrN2O2S. The molecule has 0 aliphatic carbocycles. The van der Waals surface area contributed by atoms with Crippen molar-refractivity contribution in [3.05, 3.63) is 28.2 Å². The summed E-state index contributed by atoms with van der Waals surface area (Å²) < 4.78 is 27.4. The van der Waals surface area contributed by atoms with Crippen LogP contribution in [0.2, 0.25) is 0 Å². The minimum Gasteiger partial charge on any atom is -0.313 e. The van der Waals surface area contributed by atoms with Gasteiger partial charge in [-0.3, -0.25) is 0 Å². The number of nitrogens with zero attached hydrogens (tertiary/aromatic N) is 1. The first-order valence-electron chi connectivity index (χ1n) is 7.05.